The first-order chi connectivity index (χ1) is 10.8. The fraction of sp³-hybridized carbons (Fsp3) is 0.632. The lowest BCUT2D eigenvalue weighted by Crippen LogP contribution is -2.28. The van der Waals surface area contributed by atoms with Gasteiger partial charge < -0.3 is 10.1 Å². The summed E-state index contributed by atoms with van der Waals surface area (Å²) in [4.78, 5) is 11.7. The van der Waals surface area contributed by atoms with Crippen molar-refractivity contribution in [3.05, 3.63) is 29.8 Å². The molecule has 1 atom stereocenters. The molecular weight excluding hydrogens is 288 g/mol. The summed E-state index contributed by atoms with van der Waals surface area (Å²) in [6.07, 6.45) is 4.46. The molecular formula is C19H32N2O2. The molecule has 0 saturated heterocycles. The predicted octanol–water partition coefficient (Wildman–Crippen LogP) is 5.09. The molecule has 0 fully saturated rings. The highest BCUT2D eigenvalue weighted by molar-refractivity contribution is 5.84. The Morgan fingerprint density at radius 1 is 1.17 bits per heavy atom. The van der Waals surface area contributed by atoms with Crippen molar-refractivity contribution in [1.29, 1.82) is 0 Å². The summed E-state index contributed by atoms with van der Waals surface area (Å²) >= 11 is 0. The number of hydrogen-bond acceptors (Lipinski definition) is 3. The third-order valence-corrected chi connectivity index (χ3v) is 3.59. The van der Waals surface area contributed by atoms with Crippen LogP contribution in [-0.4, -0.2) is 17.7 Å². The molecule has 1 amide bonds. The van der Waals surface area contributed by atoms with Gasteiger partial charge >= 0.3 is 6.09 Å². The second-order valence-electron chi connectivity index (χ2n) is 6.95. The molecule has 0 radical (unpaired) electrons. The van der Waals surface area contributed by atoms with Crippen molar-refractivity contribution < 1.29 is 9.53 Å². The molecule has 1 rings (SSSR count). The number of carbonyl (C=O) groups is 1. The predicted molar refractivity (Wildman–Crippen MR) is 96.7 cm³/mol. The van der Waals surface area contributed by atoms with Crippen molar-refractivity contribution in [2.75, 3.05) is 5.32 Å². The first kappa shape index (κ1) is 19.5. The Morgan fingerprint density at radius 2 is 1.83 bits per heavy atom. The van der Waals surface area contributed by atoms with Crippen LogP contribution in [0.2, 0.25) is 0 Å². The SMILES string of the molecule is CCCCC(CC)NCc1ccc(NC(=O)OC(C)(C)C)cc1. The van der Waals surface area contributed by atoms with E-state index in [9.17, 15) is 4.79 Å². The van der Waals surface area contributed by atoms with Crippen LogP contribution in [0.25, 0.3) is 0 Å². The monoisotopic (exact) mass is 320 g/mol. The number of unbranched alkanes of at least 4 members (excludes halogenated alkanes) is 1. The average molecular weight is 320 g/mol. The van der Waals surface area contributed by atoms with Crippen molar-refractivity contribution in [2.24, 2.45) is 0 Å². The van der Waals surface area contributed by atoms with E-state index in [4.69, 9.17) is 4.74 Å². The van der Waals surface area contributed by atoms with Crippen LogP contribution < -0.4 is 10.6 Å². The van der Waals surface area contributed by atoms with Crippen LogP contribution in [0.5, 0.6) is 0 Å². The Morgan fingerprint density at radius 3 is 2.35 bits per heavy atom. The van der Waals surface area contributed by atoms with Gasteiger partial charge in [-0.2, -0.15) is 0 Å². The number of anilines is 1. The molecule has 1 unspecified atom stereocenters. The molecule has 0 bridgehead atoms. The number of nitrogens with one attached hydrogen (secondary N) is 2. The standard InChI is InChI=1S/C19H32N2O2/c1-6-8-9-16(7-2)20-14-15-10-12-17(13-11-15)21-18(22)23-19(3,4)5/h10-13,16,20H,6-9,14H2,1-5H3,(H,21,22). The van der Waals surface area contributed by atoms with E-state index in [1.807, 2.05) is 45.0 Å². The van der Waals surface area contributed by atoms with Crippen molar-refractivity contribution in [3.63, 3.8) is 0 Å². The zero-order chi connectivity index (χ0) is 17.3. The molecule has 1 aromatic carbocycles. The minimum Gasteiger partial charge on any atom is -0.444 e. The molecule has 0 aliphatic carbocycles. The molecule has 2 N–H and O–H groups in total. The molecule has 1 aromatic rings. The summed E-state index contributed by atoms with van der Waals surface area (Å²) in [6.45, 7) is 10.9. The van der Waals surface area contributed by atoms with Crippen LogP contribution >= 0.6 is 0 Å². The number of rotatable bonds is 8. The normalized spacial score (nSPS) is 12.7. The van der Waals surface area contributed by atoms with E-state index < -0.39 is 11.7 Å². The van der Waals surface area contributed by atoms with Crippen LogP contribution in [0, 0.1) is 0 Å². The summed E-state index contributed by atoms with van der Waals surface area (Å²) < 4.78 is 5.24. The smallest absolute Gasteiger partial charge is 0.412 e. The first-order valence-corrected chi connectivity index (χ1v) is 8.66. The Balaban J connectivity index is 2.45. The third kappa shape index (κ3) is 8.60. The van der Waals surface area contributed by atoms with Gasteiger partial charge in [-0.15, -0.1) is 0 Å². The molecule has 4 heteroatoms. The fourth-order valence-electron chi connectivity index (χ4n) is 2.29. The quantitative estimate of drug-likeness (QED) is 0.701. The van der Waals surface area contributed by atoms with Crippen molar-refractivity contribution in [1.82, 2.24) is 5.32 Å². The maximum Gasteiger partial charge on any atom is 0.412 e. The molecule has 0 aromatic heterocycles. The molecule has 0 spiro atoms. The van der Waals surface area contributed by atoms with Crippen LogP contribution in [0.15, 0.2) is 24.3 Å². The average Bonchev–Trinajstić information content (AvgIpc) is 2.47. The second-order valence-corrected chi connectivity index (χ2v) is 6.95. The van der Waals surface area contributed by atoms with Crippen LogP contribution in [0.1, 0.15) is 65.9 Å². The van der Waals surface area contributed by atoms with Gasteiger partial charge in [0, 0.05) is 18.3 Å². The summed E-state index contributed by atoms with van der Waals surface area (Å²) in [5, 5.41) is 6.35. The van der Waals surface area contributed by atoms with E-state index in [1.165, 1.54) is 24.8 Å². The molecule has 4 nitrogen and oxygen atoms in total. The van der Waals surface area contributed by atoms with Gasteiger partial charge in [-0.25, -0.2) is 4.79 Å². The lowest BCUT2D eigenvalue weighted by atomic mass is 10.1. The van der Waals surface area contributed by atoms with Crippen LogP contribution in [0.3, 0.4) is 0 Å². The van der Waals surface area contributed by atoms with E-state index in [-0.39, 0.29) is 0 Å². The van der Waals surface area contributed by atoms with E-state index in [0.29, 0.717) is 6.04 Å². The van der Waals surface area contributed by atoms with Gasteiger partial charge in [0.2, 0.25) is 0 Å². The summed E-state index contributed by atoms with van der Waals surface area (Å²) in [5.74, 6) is 0. The topological polar surface area (TPSA) is 50.4 Å². The van der Waals surface area contributed by atoms with Gasteiger partial charge in [-0.05, 0) is 51.3 Å². The van der Waals surface area contributed by atoms with Crippen LogP contribution in [-0.2, 0) is 11.3 Å². The largest absolute Gasteiger partial charge is 0.444 e. The molecule has 0 saturated carbocycles. The Kier molecular flexibility index (Phi) is 8.10. The number of carbonyl (C=O) groups excluding carboxylic acids is 1. The Labute approximate surface area is 141 Å². The maximum atomic E-state index is 11.7. The number of benzene rings is 1. The lowest BCUT2D eigenvalue weighted by Gasteiger charge is -2.20. The van der Waals surface area contributed by atoms with Gasteiger partial charge in [0.25, 0.3) is 0 Å². The number of amides is 1. The van der Waals surface area contributed by atoms with E-state index in [2.05, 4.69) is 24.5 Å². The van der Waals surface area contributed by atoms with Gasteiger partial charge in [0.05, 0.1) is 0 Å². The van der Waals surface area contributed by atoms with Gasteiger partial charge in [0.15, 0.2) is 0 Å². The minimum atomic E-state index is -0.485. The first-order valence-electron chi connectivity index (χ1n) is 8.66. The highest BCUT2D eigenvalue weighted by Crippen LogP contribution is 2.13. The zero-order valence-electron chi connectivity index (χ0n) is 15.2. The van der Waals surface area contributed by atoms with E-state index in [0.717, 1.165) is 18.7 Å². The molecule has 130 valence electrons. The Bertz CT molecular complexity index is 463. The highest BCUT2D eigenvalue weighted by atomic mass is 16.6. The Hall–Kier alpha value is -1.55. The molecule has 23 heavy (non-hydrogen) atoms. The molecule has 0 heterocycles. The minimum absolute atomic E-state index is 0.422. The lowest BCUT2D eigenvalue weighted by molar-refractivity contribution is 0.0636. The van der Waals surface area contributed by atoms with Crippen molar-refractivity contribution in [2.45, 2.75) is 78.5 Å². The highest BCUT2D eigenvalue weighted by Gasteiger charge is 2.16. The van der Waals surface area contributed by atoms with Crippen molar-refractivity contribution in [3.8, 4) is 0 Å². The van der Waals surface area contributed by atoms with E-state index in [1.54, 1.807) is 0 Å². The number of ether oxygens (including phenoxy) is 1. The summed E-state index contributed by atoms with van der Waals surface area (Å²) in [7, 11) is 0. The van der Waals surface area contributed by atoms with Gasteiger partial charge in [-0.1, -0.05) is 38.8 Å². The molecule has 0 aliphatic rings. The van der Waals surface area contributed by atoms with Crippen molar-refractivity contribution >= 4 is 11.8 Å². The second kappa shape index (κ2) is 9.56. The van der Waals surface area contributed by atoms with Gasteiger partial charge in [0.1, 0.15) is 5.60 Å². The summed E-state index contributed by atoms with van der Waals surface area (Å²) in [6, 6.07) is 8.47. The molecule has 0 aliphatic heterocycles. The fourth-order valence-corrected chi connectivity index (χ4v) is 2.29. The zero-order valence-corrected chi connectivity index (χ0v) is 15.2. The van der Waals surface area contributed by atoms with E-state index >= 15 is 0 Å². The summed E-state index contributed by atoms with van der Waals surface area (Å²) in [5.41, 5.74) is 1.48. The third-order valence-electron chi connectivity index (χ3n) is 3.59. The maximum absolute atomic E-state index is 11.7. The number of hydrogen-bond donors (Lipinski definition) is 2. The van der Waals surface area contributed by atoms with Crippen LogP contribution in [0.4, 0.5) is 10.5 Å². The van der Waals surface area contributed by atoms with Gasteiger partial charge in [-0.3, -0.25) is 5.32 Å².